The molecule has 1 heterocycles. The van der Waals surface area contributed by atoms with Crippen molar-refractivity contribution in [1.29, 1.82) is 0 Å². The van der Waals surface area contributed by atoms with E-state index in [2.05, 4.69) is 5.32 Å². The van der Waals surface area contributed by atoms with Gasteiger partial charge in [0.2, 0.25) is 11.8 Å². The molecule has 1 fully saturated rings. The summed E-state index contributed by atoms with van der Waals surface area (Å²) in [6, 6.07) is 8.65. The summed E-state index contributed by atoms with van der Waals surface area (Å²) >= 11 is 0. The van der Waals surface area contributed by atoms with Crippen LogP contribution in [0.5, 0.6) is 0 Å². The molecule has 1 aromatic rings. The van der Waals surface area contributed by atoms with Gasteiger partial charge in [0.15, 0.2) is 0 Å². The van der Waals surface area contributed by atoms with E-state index in [4.69, 9.17) is 10.5 Å². The summed E-state index contributed by atoms with van der Waals surface area (Å²) in [4.78, 5) is 36.2. The largest absolute Gasteiger partial charge is 0.445 e. The number of alkyl carbamates (subject to hydrolysis) is 1. The second-order valence-corrected chi connectivity index (χ2v) is 5.06. The monoisotopic (exact) mass is 305 g/mol. The zero-order chi connectivity index (χ0) is 15.9. The summed E-state index contributed by atoms with van der Waals surface area (Å²) in [6.45, 7) is 0.402. The fraction of sp³-hybridized carbons (Fsp3) is 0.400. The van der Waals surface area contributed by atoms with E-state index in [-0.39, 0.29) is 19.1 Å². The minimum atomic E-state index is -0.674. The van der Waals surface area contributed by atoms with Crippen molar-refractivity contribution in [3.63, 3.8) is 0 Å². The van der Waals surface area contributed by atoms with Gasteiger partial charge < -0.3 is 20.7 Å². The number of nitrogens with one attached hydrogen (secondary N) is 1. The number of amides is 3. The molecule has 1 unspecified atom stereocenters. The summed E-state index contributed by atoms with van der Waals surface area (Å²) in [5.41, 5.74) is 6.11. The first-order valence-electron chi connectivity index (χ1n) is 7.11. The maximum atomic E-state index is 12.0. The van der Waals surface area contributed by atoms with Crippen LogP contribution in [0.3, 0.4) is 0 Å². The van der Waals surface area contributed by atoms with Crippen molar-refractivity contribution < 1.29 is 19.1 Å². The van der Waals surface area contributed by atoms with Crippen LogP contribution in [0.4, 0.5) is 4.79 Å². The average Bonchev–Trinajstić information content (AvgIpc) is 3.01. The van der Waals surface area contributed by atoms with E-state index < -0.39 is 18.0 Å². The van der Waals surface area contributed by atoms with E-state index in [0.717, 1.165) is 12.0 Å². The molecule has 0 radical (unpaired) electrons. The van der Waals surface area contributed by atoms with Gasteiger partial charge in [-0.1, -0.05) is 30.3 Å². The minimum absolute atomic E-state index is 0.133. The first-order chi connectivity index (χ1) is 10.6. The van der Waals surface area contributed by atoms with Crippen LogP contribution in [0.2, 0.25) is 0 Å². The summed E-state index contributed by atoms with van der Waals surface area (Å²) < 4.78 is 5.00. The first-order valence-corrected chi connectivity index (χ1v) is 7.11. The number of hydrogen-bond donors (Lipinski definition) is 2. The van der Waals surface area contributed by atoms with Crippen molar-refractivity contribution in [3.05, 3.63) is 35.9 Å². The van der Waals surface area contributed by atoms with E-state index in [9.17, 15) is 14.4 Å². The van der Waals surface area contributed by atoms with Crippen molar-refractivity contribution in [3.8, 4) is 0 Å². The standard InChI is InChI=1S/C15H19N3O4/c16-14(20)12-7-4-8-18(12)13(19)9-17-15(21)22-10-11-5-2-1-3-6-11/h1-3,5-6,12H,4,7-10H2,(H2,16,20)(H,17,21). The molecule has 1 aromatic carbocycles. The Kier molecular flexibility index (Phi) is 5.35. The van der Waals surface area contributed by atoms with Gasteiger partial charge in [0.1, 0.15) is 19.2 Å². The third-order valence-corrected chi connectivity index (χ3v) is 3.50. The Morgan fingerprint density at radius 2 is 2.00 bits per heavy atom. The van der Waals surface area contributed by atoms with Crippen LogP contribution in [0.25, 0.3) is 0 Å². The Labute approximate surface area is 128 Å². The van der Waals surface area contributed by atoms with E-state index in [1.54, 1.807) is 0 Å². The van der Waals surface area contributed by atoms with Crippen LogP contribution in [0.15, 0.2) is 30.3 Å². The van der Waals surface area contributed by atoms with Gasteiger partial charge in [0.05, 0.1) is 0 Å². The Balaban J connectivity index is 1.74. The quantitative estimate of drug-likeness (QED) is 0.821. The number of hydrogen-bond acceptors (Lipinski definition) is 4. The Bertz CT molecular complexity index is 547. The molecular weight excluding hydrogens is 286 g/mol. The van der Waals surface area contributed by atoms with Crippen LogP contribution >= 0.6 is 0 Å². The van der Waals surface area contributed by atoms with Crippen molar-refractivity contribution in [2.24, 2.45) is 5.73 Å². The number of rotatable bonds is 5. The fourth-order valence-corrected chi connectivity index (χ4v) is 2.38. The topological polar surface area (TPSA) is 102 Å². The van der Waals surface area contributed by atoms with Gasteiger partial charge in [-0.15, -0.1) is 0 Å². The number of nitrogens with zero attached hydrogens (tertiary/aromatic N) is 1. The highest BCUT2D eigenvalue weighted by molar-refractivity contribution is 5.89. The van der Waals surface area contributed by atoms with Crippen LogP contribution < -0.4 is 11.1 Å². The second kappa shape index (κ2) is 7.44. The average molecular weight is 305 g/mol. The highest BCUT2D eigenvalue weighted by Gasteiger charge is 2.32. The molecule has 0 spiro atoms. The van der Waals surface area contributed by atoms with Crippen molar-refractivity contribution in [1.82, 2.24) is 10.2 Å². The number of ether oxygens (including phenoxy) is 1. The van der Waals surface area contributed by atoms with E-state index in [1.807, 2.05) is 30.3 Å². The molecule has 0 aromatic heterocycles. The minimum Gasteiger partial charge on any atom is -0.445 e. The molecule has 3 amide bonds. The number of nitrogens with two attached hydrogens (primary N) is 1. The van der Waals surface area contributed by atoms with E-state index >= 15 is 0 Å². The third-order valence-electron chi connectivity index (χ3n) is 3.50. The molecule has 0 aliphatic carbocycles. The number of benzene rings is 1. The summed E-state index contributed by atoms with van der Waals surface area (Å²) in [5, 5.41) is 2.38. The molecule has 1 aliphatic heterocycles. The Morgan fingerprint density at radius 1 is 1.27 bits per heavy atom. The maximum absolute atomic E-state index is 12.0. The number of carbonyl (C=O) groups excluding carboxylic acids is 3. The van der Waals surface area contributed by atoms with E-state index in [1.165, 1.54) is 4.90 Å². The van der Waals surface area contributed by atoms with Gasteiger partial charge in [-0.3, -0.25) is 9.59 Å². The maximum Gasteiger partial charge on any atom is 0.407 e. The molecule has 22 heavy (non-hydrogen) atoms. The molecule has 1 aliphatic rings. The molecular formula is C15H19N3O4. The van der Waals surface area contributed by atoms with Crippen molar-refractivity contribution >= 4 is 17.9 Å². The number of likely N-dealkylation sites (tertiary alicyclic amines) is 1. The van der Waals surface area contributed by atoms with E-state index in [0.29, 0.717) is 13.0 Å². The van der Waals surface area contributed by atoms with Crippen molar-refractivity contribution in [2.45, 2.75) is 25.5 Å². The molecule has 7 nitrogen and oxygen atoms in total. The van der Waals surface area contributed by atoms with Gasteiger partial charge in [-0.25, -0.2) is 4.79 Å². The van der Waals surface area contributed by atoms with Crippen LogP contribution in [0, 0.1) is 0 Å². The molecule has 1 saturated heterocycles. The number of carbonyl (C=O) groups is 3. The smallest absolute Gasteiger partial charge is 0.407 e. The molecule has 0 bridgehead atoms. The molecule has 7 heteroatoms. The highest BCUT2D eigenvalue weighted by atomic mass is 16.5. The normalized spacial score (nSPS) is 17.1. The highest BCUT2D eigenvalue weighted by Crippen LogP contribution is 2.16. The lowest BCUT2D eigenvalue weighted by Gasteiger charge is -2.22. The Morgan fingerprint density at radius 3 is 2.68 bits per heavy atom. The van der Waals surface area contributed by atoms with Crippen molar-refractivity contribution in [2.75, 3.05) is 13.1 Å². The predicted octanol–water partition coefficient (Wildman–Crippen LogP) is 0.389. The number of primary amides is 1. The van der Waals surface area contributed by atoms with Gasteiger partial charge >= 0.3 is 6.09 Å². The van der Waals surface area contributed by atoms with Crippen LogP contribution in [-0.2, 0) is 20.9 Å². The van der Waals surface area contributed by atoms with Gasteiger partial charge in [-0.05, 0) is 18.4 Å². The predicted molar refractivity (Wildman–Crippen MR) is 78.6 cm³/mol. The zero-order valence-electron chi connectivity index (χ0n) is 12.2. The summed E-state index contributed by atoms with van der Waals surface area (Å²) in [5.74, 6) is -0.851. The zero-order valence-corrected chi connectivity index (χ0v) is 12.2. The fourth-order valence-electron chi connectivity index (χ4n) is 2.38. The van der Waals surface area contributed by atoms with Gasteiger partial charge in [0, 0.05) is 6.54 Å². The summed E-state index contributed by atoms with van der Waals surface area (Å²) in [6.07, 6.45) is 0.629. The molecule has 118 valence electrons. The molecule has 2 rings (SSSR count). The second-order valence-electron chi connectivity index (χ2n) is 5.06. The molecule has 1 atom stereocenters. The van der Waals surface area contributed by atoms with Gasteiger partial charge in [0.25, 0.3) is 0 Å². The van der Waals surface area contributed by atoms with Crippen LogP contribution in [-0.4, -0.2) is 41.9 Å². The lowest BCUT2D eigenvalue weighted by Crippen LogP contribution is -2.47. The Hall–Kier alpha value is -2.57. The molecule has 0 saturated carbocycles. The van der Waals surface area contributed by atoms with Crippen LogP contribution in [0.1, 0.15) is 18.4 Å². The third kappa shape index (κ3) is 4.21. The SMILES string of the molecule is NC(=O)C1CCCN1C(=O)CNC(=O)OCc1ccccc1. The summed E-state index contributed by atoms with van der Waals surface area (Å²) in [7, 11) is 0. The molecule has 3 N–H and O–H groups in total. The first kappa shape index (κ1) is 15.8. The lowest BCUT2D eigenvalue weighted by molar-refractivity contribution is -0.136. The van der Waals surface area contributed by atoms with Gasteiger partial charge in [-0.2, -0.15) is 0 Å². The lowest BCUT2D eigenvalue weighted by atomic mass is 10.2.